The van der Waals surface area contributed by atoms with Crippen molar-refractivity contribution in [1.29, 1.82) is 0 Å². The highest BCUT2D eigenvalue weighted by atomic mass is 35.5. The zero-order chi connectivity index (χ0) is 25.2. The lowest BCUT2D eigenvalue weighted by atomic mass is 10.0. The maximum absolute atomic E-state index is 14.0. The molecule has 3 aromatic rings. The van der Waals surface area contributed by atoms with E-state index in [2.05, 4.69) is 18.7 Å². The van der Waals surface area contributed by atoms with Crippen molar-refractivity contribution in [3.63, 3.8) is 0 Å². The highest BCUT2D eigenvalue weighted by molar-refractivity contribution is 7.91. The van der Waals surface area contributed by atoms with E-state index in [9.17, 15) is 13.2 Å². The molecule has 1 amide bonds. The van der Waals surface area contributed by atoms with Gasteiger partial charge in [0.15, 0.2) is 5.13 Å². The third-order valence-electron chi connectivity index (χ3n) is 6.22. The number of amides is 1. The van der Waals surface area contributed by atoms with Gasteiger partial charge in [0.25, 0.3) is 10.0 Å². The Morgan fingerprint density at radius 2 is 1.89 bits per heavy atom. The Kier molecular flexibility index (Phi) is 8.73. The minimum absolute atomic E-state index is 0.159. The number of carbonyl (C=O) groups excluding carboxylic acids is 1. The van der Waals surface area contributed by atoms with Crippen molar-refractivity contribution < 1.29 is 13.2 Å². The molecule has 190 valence electrons. The number of carbonyl (C=O) groups is 1. The molecule has 2 aromatic heterocycles. The molecule has 0 saturated carbocycles. The summed E-state index contributed by atoms with van der Waals surface area (Å²) in [6, 6.07) is 7.74. The van der Waals surface area contributed by atoms with E-state index in [1.54, 1.807) is 17.0 Å². The minimum atomic E-state index is -3.85. The summed E-state index contributed by atoms with van der Waals surface area (Å²) in [5.74, 6) is -0.242. The van der Waals surface area contributed by atoms with Gasteiger partial charge in [0.1, 0.15) is 10.3 Å². The normalized spacial score (nSPS) is 17.3. The van der Waals surface area contributed by atoms with Crippen molar-refractivity contribution in [2.24, 2.45) is 0 Å². The molecule has 0 spiro atoms. The fraction of sp³-hybridized carbons (Fsp3) is 0.478. The van der Waals surface area contributed by atoms with Gasteiger partial charge in [0.2, 0.25) is 5.91 Å². The average molecular weight is 576 g/mol. The molecular formula is C23H28Cl2N4O3S3. The van der Waals surface area contributed by atoms with E-state index in [-0.39, 0.29) is 10.1 Å². The zero-order valence-corrected chi connectivity index (χ0v) is 23.6. The summed E-state index contributed by atoms with van der Waals surface area (Å²) in [5, 5.41) is 1.16. The van der Waals surface area contributed by atoms with Gasteiger partial charge >= 0.3 is 0 Å². The minimum Gasteiger partial charge on any atom is -0.302 e. The standard InChI is InChI=1S/C23H28Cl2N4O3S3/c1-3-27(4-2)13-14-28(23-26-17-9-8-16(24)15-19(17)33-23)22(30)18-7-5-6-12-29(18)35(31,32)21-11-10-20(25)34-21/h8-11,15,18H,3-7,12-14H2,1-2H3. The molecule has 1 aliphatic heterocycles. The highest BCUT2D eigenvalue weighted by Gasteiger charge is 2.41. The summed E-state index contributed by atoms with van der Waals surface area (Å²) in [6.45, 7) is 7.26. The fourth-order valence-corrected chi connectivity index (χ4v) is 8.79. The molecule has 0 aliphatic carbocycles. The van der Waals surface area contributed by atoms with Crippen LogP contribution in [0.2, 0.25) is 9.36 Å². The van der Waals surface area contributed by atoms with Crippen LogP contribution in [-0.2, 0) is 14.8 Å². The second-order valence-corrected chi connectivity index (χ2v) is 13.6. The Morgan fingerprint density at radius 1 is 1.11 bits per heavy atom. The molecule has 4 rings (SSSR count). The highest BCUT2D eigenvalue weighted by Crippen LogP contribution is 2.35. The molecule has 1 unspecified atom stereocenters. The number of piperidine rings is 1. The van der Waals surface area contributed by atoms with Crippen molar-refractivity contribution in [2.75, 3.05) is 37.6 Å². The average Bonchev–Trinajstić information content (AvgIpc) is 3.47. The number of aromatic nitrogens is 1. The molecule has 1 fully saturated rings. The number of likely N-dealkylation sites (N-methyl/N-ethyl adjacent to an activating group) is 1. The summed E-state index contributed by atoms with van der Waals surface area (Å²) < 4.78 is 29.8. The van der Waals surface area contributed by atoms with E-state index < -0.39 is 16.1 Å². The van der Waals surface area contributed by atoms with E-state index in [4.69, 9.17) is 28.2 Å². The number of hydrogen-bond donors (Lipinski definition) is 0. The van der Waals surface area contributed by atoms with E-state index in [0.717, 1.165) is 41.1 Å². The van der Waals surface area contributed by atoms with E-state index in [1.165, 1.54) is 21.7 Å². The van der Waals surface area contributed by atoms with Gasteiger partial charge in [-0.3, -0.25) is 9.69 Å². The fourth-order valence-electron chi connectivity index (χ4n) is 4.25. The molecule has 0 radical (unpaired) electrons. The van der Waals surface area contributed by atoms with Crippen LogP contribution in [0.15, 0.2) is 34.5 Å². The van der Waals surface area contributed by atoms with E-state index >= 15 is 0 Å². The molecule has 1 saturated heterocycles. The maximum Gasteiger partial charge on any atom is 0.253 e. The van der Waals surface area contributed by atoms with Gasteiger partial charge in [-0.15, -0.1) is 11.3 Å². The van der Waals surface area contributed by atoms with Crippen LogP contribution < -0.4 is 4.90 Å². The molecule has 0 bridgehead atoms. The first-order chi connectivity index (χ1) is 16.7. The molecule has 1 atom stereocenters. The smallest absolute Gasteiger partial charge is 0.253 e. The van der Waals surface area contributed by atoms with Gasteiger partial charge in [-0.1, -0.05) is 54.8 Å². The van der Waals surface area contributed by atoms with Gasteiger partial charge < -0.3 is 4.90 Å². The predicted octanol–water partition coefficient (Wildman–Crippen LogP) is 5.58. The van der Waals surface area contributed by atoms with Crippen LogP contribution in [0.4, 0.5) is 5.13 Å². The first-order valence-electron chi connectivity index (χ1n) is 11.6. The lowest BCUT2D eigenvalue weighted by Crippen LogP contribution is -2.54. The van der Waals surface area contributed by atoms with Crippen molar-refractivity contribution in [1.82, 2.24) is 14.2 Å². The Labute approximate surface area is 224 Å². The largest absolute Gasteiger partial charge is 0.302 e. The Balaban J connectivity index is 1.69. The maximum atomic E-state index is 14.0. The van der Waals surface area contributed by atoms with Crippen LogP contribution in [0.25, 0.3) is 10.2 Å². The molecule has 1 aliphatic rings. The lowest BCUT2D eigenvalue weighted by Gasteiger charge is -2.36. The summed E-state index contributed by atoms with van der Waals surface area (Å²) >= 11 is 14.6. The zero-order valence-electron chi connectivity index (χ0n) is 19.6. The number of benzene rings is 1. The molecule has 7 nitrogen and oxygen atoms in total. The number of halogens is 2. The van der Waals surface area contributed by atoms with Gasteiger partial charge in [-0.25, -0.2) is 13.4 Å². The first-order valence-corrected chi connectivity index (χ1v) is 15.4. The lowest BCUT2D eigenvalue weighted by molar-refractivity contribution is -0.123. The van der Waals surface area contributed by atoms with Crippen molar-refractivity contribution in [2.45, 2.75) is 43.4 Å². The second-order valence-electron chi connectivity index (χ2n) is 8.31. The summed E-state index contributed by atoms with van der Waals surface area (Å²) in [6.07, 6.45) is 1.96. The number of fused-ring (bicyclic) bond motifs is 1. The molecule has 1 aromatic carbocycles. The van der Waals surface area contributed by atoms with Crippen LogP contribution in [0, 0.1) is 0 Å². The van der Waals surface area contributed by atoms with Gasteiger partial charge in [0, 0.05) is 24.7 Å². The van der Waals surface area contributed by atoms with Crippen LogP contribution in [0.3, 0.4) is 0 Å². The van der Waals surface area contributed by atoms with Crippen LogP contribution in [0.1, 0.15) is 33.1 Å². The Morgan fingerprint density at radius 3 is 2.57 bits per heavy atom. The van der Waals surface area contributed by atoms with Crippen LogP contribution in [0.5, 0.6) is 0 Å². The number of hydrogen-bond acceptors (Lipinski definition) is 7. The van der Waals surface area contributed by atoms with E-state index in [1.807, 2.05) is 12.1 Å². The predicted molar refractivity (Wildman–Crippen MR) is 146 cm³/mol. The third-order valence-corrected chi connectivity index (χ3v) is 11.1. The van der Waals surface area contributed by atoms with Gasteiger partial charge in [0.05, 0.1) is 14.6 Å². The number of nitrogens with zero attached hydrogens (tertiary/aromatic N) is 4. The molecule has 0 N–H and O–H groups in total. The number of anilines is 1. The third kappa shape index (κ3) is 5.84. The van der Waals surface area contributed by atoms with Crippen LogP contribution in [-0.4, -0.2) is 67.3 Å². The van der Waals surface area contributed by atoms with E-state index in [0.29, 0.717) is 47.0 Å². The number of rotatable bonds is 9. The first kappa shape index (κ1) is 26.8. The number of thiazole rings is 1. The van der Waals surface area contributed by atoms with Gasteiger partial charge in [-0.2, -0.15) is 4.31 Å². The molecule has 35 heavy (non-hydrogen) atoms. The van der Waals surface area contributed by atoms with Crippen molar-refractivity contribution >= 4 is 77.2 Å². The Hall–Kier alpha value is -1.27. The number of sulfonamides is 1. The molecular weight excluding hydrogens is 547 g/mol. The summed E-state index contributed by atoms with van der Waals surface area (Å²) in [5.41, 5.74) is 0.761. The Bertz CT molecular complexity index is 1290. The van der Waals surface area contributed by atoms with Crippen molar-refractivity contribution in [3.8, 4) is 0 Å². The summed E-state index contributed by atoms with van der Waals surface area (Å²) in [4.78, 5) is 22.6. The topological polar surface area (TPSA) is 73.8 Å². The second kappa shape index (κ2) is 11.4. The van der Waals surface area contributed by atoms with Gasteiger partial charge in [-0.05, 0) is 56.3 Å². The molecule has 12 heteroatoms. The number of thiophene rings is 1. The monoisotopic (exact) mass is 574 g/mol. The summed E-state index contributed by atoms with van der Waals surface area (Å²) in [7, 11) is -3.85. The van der Waals surface area contributed by atoms with Crippen LogP contribution >= 0.6 is 45.9 Å². The van der Waals surface area contributed by atoms with Crippen molar-refractivity contribution in [3.05, 3.63) is 39.7 Å². The SMILES string of the molecule is CCN(CC)CCN(C(=O)C1CCCCN1S(=O)(=O)c1ccc(Cl)s1)c1nc2ccc(Cl)cc2s1. The quantitative estimate of drug-likeness (QED) is 0.333. The molecule has 3 heterocycles.